The molecule has 0 radical (unpaired) electrons. The van der Waals surface area contributed by atoms with Crippen LogP contribution in [0, 0.1) is 5.92 Å². The number of anilines is 1. The van der Waals surface area contributed by atoms with Gasteiger partial charge in [-0.1, -0.05) is 26.0 Å². The molecule has 2 rings (SSSR count). The maximum Gasteiger partial charge on any atom is 0.313 e. The average Bonchev–Trinajstić information content (AvgIpc) is 2.54. The minimum Gasteiger partial charge on any atom is -0.396 e. The first-order chi connectivity index (χ1) is 10.5. The van der Waals surface area contributed by atoms with E-state index in [1.807, 2.05) is 24.3 Å². The van der Waals surface area contributed by atoms with Gasteiger partial charge in [0.05, 0.1) is 0 Å². The van der Waals surface area contributed by atoms with Gasteiger partial charge in [0.2, 0.25) is 0 Å². The van der Waals surface area contributed by atoms with E-state index in [-0.39, 0.29) is 12.5 Å². The third-order valence-corrected chi connectivity index (χ3v) is 4.19. The molecule has 0 atom stereocenters. The lowest BCUT2D eigenvalue weighted by atomic mass is 9.98. The zero-order valence-corrected chi connectivity index (χ0v) is 13.2. The van der Waals surface area contributed by atoms with Gasteiger partial charge in [0.1, 0.15) is 0 Å². The third kappa shape index (κ3) is 4.07. The van der Waals surface area contributed by atoms with Crippen molar-refractivity contribution in [1.29, 1.82) is 0 Å². The van der Waals surface area contributed by atoms with E-state index in [0.29, 0.717) is 24.7 Å². The number of nitrogens with zero attached hydrogens (tertiary/aromatic N) is 1. The standard InChI is InChI=1S/C17H24N2O3/c1-12(2)14-3-5-15(6-4-14)18-16(21)17(22)19-9-7-13(11-20)8-10-19/h3-6,12-13,20H,7-11H2,1-2H3,(H,18,21). The molecular formula is C17H24N2O3. The first kappa shape index (κ1) is 16.5. The van der Waals surface area contributed by atoms with E-state index in [0.717, 1.165) is 12.8 Å². The Hall–Kier alpha value is -1.88. The molecule has 120 valence electrons. The van der Waals surface area contributed by atoms with Crippen molar-refractivity contribution in [3.8, 4) is 0 Å². The fourth-order valence-electron chi connectivity index (χ4n) is 2.60. The Labute approximate surface area is 131 Å². The van der Waals surface area contributed by atoms with Crippen molar-refractivity contribution >= 4 is 17.5 Å². The molecular weight excluding hydrogens is 280 g/mol. The molecule has 0 spiro atoms. The maximum absolute atomic E-state index is 12.1. The topological polar surface area (TPSA) is 69.6 Å². The number of carbonyl (C=O) groups excluding carboxylic acids is 2. The highest BCUT2D eigenvalue weighted by Gasteiger charge is 2.26. The van der Waals surface area contributed by atoms with Crippen molar-refractivity contribution in [2.24, 2.45) is 5.92 Å². The zero-order valence-electron chi connectivity index (χ0n) is 13.2. The molecule has 0 unspecified atom stereocenters. The van der Waals surface area contributed by atoms with E-state index in [9.17, 15) is 9.59 Å². The second-order valence-electron chi connectivity index (χ2n) is 6.15. The molecule has 0 aromatic heterocycles. The van der Waals surface area contributed by atoms with Crippen LogP contribution in [0.25, 0.3) is 0 Å². The monoisotopic (exact) mass is 304 g/mol. The lowest BCUT2D eigenvalue weighted by Gasteiger charge is -2.30. The number of nitrogens with one attached hydrogen (secondary N) is 1. The summed E-state index contributed by atoms with van der Waals surface area (Å²) in [6, 6.07) is 7.55. The van der Waals surface area contributed by atoms with Crippen LogP contribution < -0.4 is 5.32 Å². The fourth-order valence-corrected chi connectivity index (χ4v) is 2.60. The minimum absolute atomic E-state index is 0.149. The number of piperidine rings is 1. The Balaban J connectivity index is 1.90. The predicted octanol–water partition coefficient (Wildman–Crippen LogP) is 1.98. The van der Waals surface area contributed by atoms with Gasteiger partial charge in [0, 0.05) is 25.4 Å². The van der Waals surface area contributed by atoms with Crippen LogP contribution in [0.15, 0.2) is 24.3 Å². The Morgan fingerprint density at radius 1 is 1.23 bits per heavy atom. The molecule has 1 aliphatic rings. The van der Waals surface area contributed by atoms with Gasteiger partial charge in [-0.2, -0.15) is 0 Å². The van der Waals surface area contributed by atoms with Gasteiger partial charge in [-0.15, -0.1) is 0 Å². The molecule has 0 aliphatic carbocycles. The van der Waals surface area contributed by atoms with Crippen molar-refractivity contribution in [1.82, 2.24) is 4.90 Å². The molecule has 1 saturated heterocycles. The van der Waals surface area contributed by atoms with Crippen molar-refractivity contribution < 1.29 is 14.7 Å². The fraction of sp³-hybridized carbons (Fsp3) is 0.529. The van der Waals surface area contributed by atoms with Crippen LogP contribution in [0.1, 0.15) is 38.2 Å². The average molecular weight is 304 g/mol. The van der Waals surface area contributed by atoms with Gasteiger partial charge in [-0.05, 0) is 42.4 Å². The summed E-state index contributed by atoms with van der Waals surface area (Å²) >= 11 is 0. The molecule has 5 nitrogen and oxygen atoms in total. The van der Waals surface area contributed by atoms with Crippen LogP contribution in [-0.4, -0.2) is 41.5 Å². The lowest BCUT2D eigenvalue weighted by Crippen LogP contribution is -2.44. The summed E-state index contributed by atoms with van der Waals surface area (Å²) in [6.45, 7) is 5.42. The summed E-state index contributed by atoms with van der Waals surface area (Å²) in [7, 11) is 0. The van der Waals surface area contributed by atoms with Crippen molar-refractivity contribution in [2.45, 2.75) is 32.6 Å². The largest absolute Gasteiger partial charge is 0.396 e. The highest BCUT2D eigenvalue weighted by atomic mass is 16.3. The number of likely N-dealkylation sites (tertiary alicyclic amines) is 1. The second kappa shape index (κ2) is 7.40. The summed E-state index contributed by atoms with van der Waals surface area (Å²) in [5.74, 6) is -0.418. The van der Waals surface area contributed by atoms with E-state index in [2.05, 4.69) is 19.2 Å². The summed E-state index contributed by atoms with van der Waals surface area (Å²) in [5, 5.41) is 11.7. The molecule has 1 heterocycles. The Morgan fingerprint density at radius 2 is 1.82 bits per heavy atom. The molecule has 22 heavy (non-hydrogen) atoms. The number of hydrogen-bond donors (Lipinski definition) is 2. The number of amides is 2. The Kier molecular flexibility index (Phi) is 5.55. The Morgan fingerprint density at radius 3 is 2.32 bits per heavy atom. The second-order valence-corrected chi connectivity index (χ2v) is 6.15. The van der Waals surface area contributed by atoms with Gasteiger partial charge in [-0.3, -0.25) is 9.59 Å². The van der Waals surface area contributed by atoms with Crippen LogP contribution in [0.4, 0.5) is 5.69 Å². The van der Waals surface area contributed by atoms with Gasteiger partial charge in [0.25, 0.3) is 0 Å². The summed E-state index contributed by atoms with van der Waals surface area (Å²) < 4.78 is 0. The van der Waals surface area contributed by atoms with Crippen LogP contribution in [0.2, 0.25) is 0 Å². The van der Waals surface area contributed by atoms with Gasteiger partial charge in [0.15, 0.2) is 0 Å². The number of carbonyl (C=O) groups is 2. The number of aliphatic hydroxyl groups is 1. The molecule has 0 saturated carbocycles. The molecule has 1 aromatic carbocycles. The van der Waals surface area contributed by atoms with Gasteiger partial charge in [-0.25, -0.2) is 0 Å². The maximum atomic E-state index is 12.1. The molecule has 1 aliphatic heterocycles. The van der Waals surface area contributed by atoms with Crippen molar-refractivity contribution in [3.05, 3.63) is 29.8 Å². The van der Waals surface area contributed by atoms with Crippen molar-refractivity contribution in [2.75, 3.05) is 25.0 Å². The van der Waals surface area contributed by atoms with Crippen molar-refractivity contribution in [3.63, 3.8) is 0 Å². The normalized spacial score (nSPS) is 15.9. The van der Waals surface area contributed by atoms with Crippen LogP contribution >= 0.6 is 0 Å². The highest BCUT2D eigenvalue weighted by Crippen LogP contribution is 2.18. The lowest BCUT2D eigenvalue weighted by molar-refractivity contribution is -0.144. The number of rotatable bonds is 3. The van der Waals surface area contributed by atoms with Crippen LogP contribution in [-0.2, 0) is 9.59 Å². The van der Waals surface area contributed by atoms with E-state index < -0.39 is 11.8 Å². The van der Waals surface area contributed by atoms with Gasteiger partial charge < -0.3 is 15.3 Å². The molecule has 1 fully saturated rings. The summed E-state index contributed by atoms with van der Waals surface area (Å²) in [6.07, 6.45) is 1.50. The van der Waals surface area contributed by atoms with E-state index >= 15 is 0 Å². The number of aliphatic hydroxyl groups excluding tert-OH is 1. The predicted molar refractivity (Wildman–Crippen MR) is 85.6 cm³/mol. The SMILES string of the molecule is CC(C)c1ccc(NC(=O)C(=O)N2CCC(CO)CC2)cc1. The van der Waals surface area contributed by atoms with E-state index in [1.54, 1.807) is 4.90 Å². The third-order valence-electron chi connectivity index (χ3n) is 4.19. The molecule has 5 heteroatoms. The molecule has 1 aromatic rings. The first-order valence-electron chi connectivity index (χ1n) is 7.82. The zero-order chi connectivity index (χ0) is 16.1. The minimum atomic E-state index is -0.597. The van der Waals surface area contributed by atoms with Crippen LogP contribution in [0.3, 0.4) is 0 Å². The molecule has 2 amide bonds. The summed E-state index contributed by atoms with van der Waals surface area (Å²) in [5.41, 5.74) is 1.82. The number of benzene rings is 1. The van der Waals surface area contributed by atoms with Crippen LogP contribution in [0.5, 0.6) is 0 Å². The number of hydrogen-bond acceptors (Lipinski definition) is 3. The smallest absolute Gasteiger partial charge is 0.313 e. The summed E-state index contributed by atoms with van der Waals surface area (Å²) in [4.78, 5) is 25.7. The highest BCUT2D eigenvalue weighted by molar-refractivity contribution is 6.39. The molecule has 0 bridgehead atoms. The van der Waals surface area contributed by atoms with E-state index in [1.165, 1.54) is 5.56 Å². The van der Waals surface area contributed by atoms with Gasteiger partial charge >= 0.3 is 11.8 Å². The molecule has 2 N–H and O–H groups in total. The quantitative estimate of drug-likeness (QED) is 0.839. The first-order valence-corrected chi connectivity index (χ1v) is 7.82. The Bertz CT molecular complexity index is 517. The van der Waals surface area contributed by atoms with E-state index in [4.69, 9.17) is 5.11 Å².